The van der Waals surface area contributed by atoms with Gasteiger partial charge in [0.2, 0.25) is 0 Å². The molecule has 7 heteroatoms. The first-order valence-corrected chi connectivity index (χ1v) is 7.67. The van der Waals surface area contributed by atoms with Gasteiger partial charge < -0.3 is 14.5 Å². The van der Waals surface area contributed by atoms with Crippen LogP contribution in [0.25, 0.3) is 6.08 Å². The molecule has 1 amide bonds. The highest BCUT2D eigenvalue weighted by Gasteiger charge is 2.14. The van der Waals surface area contributed by atoms with Gasteiger partial charge in [-0.25, -0.2) is 4.79 Å². The summed E-state index contributed by atoms with van der Waals surface area (Å²) in [5, 5.41) is 11.6. The van der Waals surface area contributed by atoms with Crippen molar-refractivity contribution in [1.29, 1.82) is 5.26 Å². The Kier molecular flexibility index (Phi) is 5.93. The molecular formula is C17H13BrN2O4. The van der Waals surface area contributed by atoms with Crippen molar-refractivity contribution in [2.24, 2.45) is 0 Å². The third-order valence-corrected chi connectivity index (χ3v) is 3.56. The van der Waals surface area contributed by atoms with Crippen LogP contribution in [0.2, 0.25) is 0 Å². The average Bonchev–Trinajstić information content (AvgIpc) is 3.06. The molecule has 0 atom stereocenters. The summed E-state index contributed by atoms with van der Waals surface area (Å²) in [6.07, 6.45) is 2.66. The maximum Gasteiger partial charge on any atom is 0.349 e. The molecule has 0 fully saturated rings. The second-order valence-electron chi connectivity index (χ2n) is 4.79. The van der Waals surface area contributed by atoms with Crippen molar-refractivity contribution in [1.82, 2.24) is 0 Å². The standard InChI is InChI=1S/C17H13BrN2O4/c1-11-4-5-15(14(18)7-11)20-16(21)10-24-17(22)12(9-19)8-13-3-2-6-23-13/h2-8H,10H2,1H3,(H,20,21)/b12-8+. The lowest BCUT2D eigenvalue weighted by Crippen LogP contribution is -2.21. The molecule has 0 aliphatic rings. The van der Waals surface area contributed by atoms with Crippen molar-refractivity contribution in [3.8, 4) is 6.07 Å². The van der Waals surface area contributed by atoms with E-state index in [0.29, 0.717) is 11.4 Å². The largest absolute Gasteiger partial charge is 0.465 e. The lowest BCUT2D eigenvalue weighted by atomic mass is 10.2. The molecule has 2 rings (SSSR count). The summed E-state index contributed by atoms with van der Waals surface area (Å²) in [5.74, 6) is -1.06. The molecule has 1 aromatic heterocycles. The zero-order valence-electron chi connectivity index (χ0n) is 12.7. The van der Waals surface area contributed by atoms with E-state index < -0.39 is 18.5 Å². The van der Waals surface area contributed by atoms with Crippen molar-refractivity contribution >= 4 is 39.6 Å². The van der Waals surface area contributed by atoms with Gasteiger partial charge in [-0.1, -0.05) is 6.07 Å². The molecule has 1 aromatic carbocycles. The predicted molar refractivity (Wildman–Crippen MR) is 90.8 cm³/mol. The van der Waals surface area contributed by atoms with E-state index in [1.165, 1.54) is 12.3 Å². The monoisotopic (exact) mass is 388 g/mol. The van der Waals surface area contributed by atoms with Crippen LogP contribution in [0, 0.1) is 18.3 Å². The second kappa shape index (κ2) is 8.13. The molecule has 0 bridgehead atoms. The van der Waals surface area contributed by atoms with E-state index in [2.05, 4.69) is 21.2 Å². The Bertz CT molecular complexity index is 820. The Hall–Kier alpha value is -2.85. The van der Waals surface area contributed by atoms with E-state index >= 15 is 0 Å². The SMILES string of the molecule is Cc1ccc(NC(=O)COC(=O)/C(C#N)=C/c2ccco2)c(Br)c1. The van der Waals surface area contributed by atoms with Crippen LogP contribution in [0.1, 0.15) is 11.3 Å². The number of nitriles is 1. The molecule has 1 N–H and O–H groups in total. The van der Waals surface area contributed by atoms with E-state index in [-0.39, 0.29) is 5.57 Å². The minimum atomic E-state index is -0.896. The number of hydrogen-bond donors (Lipinski definition) is 1. The summed E-state index contributed by atoms with van der Waals surface area (Å²) in [7, 11) is 0. The van der Waals surface area contributed by atoms with Crippen LogP contribution in [0.4, 0.5) is 5.69 Å². The Labute approximate surface area is 146 Å². The predicted octanol–water partition coefficient (Wildman–Crippen LogP) is 3.44. The van der Waals surface area contributed by atoms with Gasteiger partial charge in [-0.2, -0.15) is 5.26 Å². The number of carbonyl (C=O) groups is 2. The minimum Gasteiger partial charge on any atom is -0.465 e. The van der Waals surface area contributed by atoms with Gasteiger partial charge in [-0.05, 0) is 52.7 Å². The van der Waals surface area contributed by atoms with Gasteiger partial charge in [0.15, 0.2) is 6.61 Å². The van der Waals surface area contributed by atoms with Crippen LogP contribution in [-0.4, -0.2) is 18.5 Å². The summed E-state index contributed by atoms with van der Waals surface area (Å²) in [4.78, 5) is 23.7. The highest BCUT2D eigenvalue weighted by molar-refractivity contribution is 9.10. The molecule has 6 nitrogen and oxygen atoms in total. The summed E-state index contributed by atoms with van der Waals surface area (Å²) in [5.41, 5.74) is 1.34. The van der Waals surface area contributed by atoms with E-state index in [1.807, 2.05) is 19.1 Å². The van der Waals surface area contributed by atoms with Crippen molar-refractivity contribution in [2.75, 3.05) is 11.9 Å². The molecule has 0 aliphatic carbocycles. The quantitative estimate of drug-likeness (QED) is 0.481. The Morgan fingerprint density at radius 2 is 2.21 bits per heavy atom. The van der Waals surface area contributed by atoms with Gasteiger partial charge in [0.25, 0.3) is 5.91 Å². The summed E-state index contributed by atoms with van der Waals surface area (Å²) in [6.45, 7) is 1.42. The topological polar surface area (TPSA) is 92.3 Å². The molecule has 0 radical (unpaired) electrons. The average molecular weight is 389 g/mol. The van der Waals surface area contributed by atoms with E-state index in [1.54, 1.807) is 24.3 Å². The number of esters is 1. The molecule has 0 saturated heterocycles. The van der Waals surface area contributed by atoms with Gasteiger partial charge in [0.1, 0.15) is 17.4 Å². The van der Waals surface area contributed by atoms with E-state index in [4.69, 9.17) is 14.4 Å². The highest BCUT2D eigenvalue weighted by atomic mass is 79.9. The van der Waals surface area contributed by atoms with Gasteiger partial charge in [0, 0.05) is 10.5 Å². The van der Waals surface area contributed by atoms with Gasteiger partial charge in [-0.3, -0.25) is 4.79 Å². The molecule has 2 aromatic rings. The third-order valence-electron chi connectivity index (χ3n) is 2.90. The maximum absolute atomic E-state index is 11.9. The molecule has 122 valence electrons. The van der Waals surface area contributed by atoms with Crippen LogP contribution in [0.15, 0.2) is 51.1 Å². The zero-order valence-corrected chi connectivity index (χ0v) is 14.3. The number of carbonyl (C=O) groups excluding carboxylic acids is 2. The van der Waals surface area contributed by atoms with Gasteiger partial charge in [-0.15, -0.1) is 0 Å². The summed E-state index contributed by atoms with van der Waals surface area (Å²) < 4.78 is 10.6. The molecule has 24 heavy (non-hydrogen) atoms. The number of furan rings is 1. The minimum absolute atomic E-state index is 0.255. The highest BCUT2D eigenvalue weighted by Crippen LogP contribution is 2.23. The van der Waals surface area contributed by atoms with Crippen LogP contribution >= 0.6 is 15.9 Å². The number of aryl methyl sites for hydroxylation is 1. The van der Waals surface area contributed by atoms with E-state index in [9.17, 15) is 9.59 Å². The van der Waals surface area contributed by atoms with Crippen LogP contribution < -0.4 is 5.32 Å². The number of benzene rings is 1. The fraction of sp³-hybridized carbons (Fsp3) is 0.118. The first-order chi connectivity index (χ1) is 11.5. The van der Waals surface area contributed by atoms with Crippen LogP contribution in [-0.2, 0) is 14.3 Å². The number of amides is 1. The second-order valence-corrected chi connectivity index (χ2v) is 5.65. The van der Waals surface area contributed by atoms with Crippen molar-refractivity contribution in [2.45, 2.75) is 6.92 Å². The number of nitrogens with zero attached hydrogens (tertiary/aromatic N) is 1. The maximum atomic E-state index is 11.9. The fourth-order valence-corrected chi connectivity index (χ4v) is 2.36. The smallest absolute Gasteiger partial charge is 0.349 e. The normalized spacial score (nSPS) is 10.8. The first kappa shape index (κ1) is 17.5. The molecule has 0 aliphatic heterocycles. The van der Waals surface area contributed by atoms with Crippen molar-refractivity contribution < 1.29 is 18.7 Å². The Morgan fingerprint density at radius 1 is 1.42 bits per heavy atom. The Morgan fingerprint density at radius 3 is 2.83 bits per heavy atom. The van der Waals surface area contributed by atoms with Crippen molar-refractivity contribution in [3.63, 3.8) is 0 Å². The summed E-state index contributed by atoms with van der Waals surface area (Å²) >= 11 is 3.34. The Balaban J connectivity index is 1.93. The fourth-order valence-electron chi connectivity index (χ4n) is 1.77. The molecule has 0 unspecified atom stereocenters. The summed E-state index contributed by atoms with van der Waals surface area (Å²) in [6, 6.07) is 10.4. The zero-order chi connectivity index (χ0) is 17.5. The van der Waals surface area contributed by atoms with E-state index in [0.717, 1.165) is 10.0 Å². The number of hydrogen-bond acceptors (Lipinski definition) is 5. The van der Waals surface area contributed by atoms with Crippen LogP contribution in [0.3, 0.4) is 0 Å². The molecule has 0 saturated carbocycles. The van der Waals surface area contributed by atoms with Gasteiger partial charge >= 0.3 is 5.97 Å². The number of halogens is 1. The number of nitrogens with one attached hydrogen (secondary N) is 1. The lowest BCUT2D eigenvalue weighted by molar-refractivity contribution is -0.142. The molecule has 0 spiro atoms. The first-order valence-electron chi connectivity index (χ1n) is 6.88. The third kappa shape index (κ3) is 4.83. The van der Waals surface area contributed by atoms with Gasteiger partial charge in [0.05, 0.1) is 12.0 Å². The number of anilines is 1. The number of rotatable bonds is 5. The number of ether oxygens (including phenoxy) is 1. The van der Waals surface area contributed by atoms with Crippen molar-refractivity contribution in [3.05, 3.63) is 58.0 Å². The lowest BCUT2D eigenvalue weighted by Gasteiger charge is -2.08. The molecule has 1 heterocycles. The van der Waals surface area contributed by atoms with Crippen LogP contribution in [0.5, 0.6) is 0 Å². The molecular weight excluding hydrogens is 376 g/mol.